The second-order valence-corrected chi connectivity index (χ2v) is 6.72. The Morgan fingerprint density at radius 1 is 1.35 bits per heavy atom. The highest BCUT2D eigenvalue weighted by atomic mass is 15.2. The van der Waals surface area contributed by atoms with E-state index in [1.54, 1.807) is 6.20 Å². The number of aromatic amines is 1. The summed E-state index contributed by atoms with van der Waals surface area (Å²) in [5, 5.41) is 9.85. The van der Waals surface area contributed by atoms with Crippen LogP contribution >= 0.6 is 0 Å². The van der Waals surface area contributed by atoms with Gasteiger partial charge in [-0.05, 0) is 38.0 Å². The van der Waals surface area contributed by atoms with Crippen LogP contribution in [0.1, 0.15) is 29.4 Å². The molecule has 4 aromatic rings. The number of aryl methyl sites for hydroxylation is 1. The van der Waals surface area contributed by atoms with Gasteiger partial charge in [-0.25, -0.2) is 9.55 Å². The van der Waals surface area contributed by atoms with Crippen LogP contribution in [0.4, 0.5) is 0 Å². The molecule has 0 saturated carbocycles. The second-order valence-electron chi connectivity index (χ2n) is 6.72. The van der Waals surface area contributed by atoms with Gasteiger partial charge < -0.3 is 0 Å². The summed E-state index contributed by atoms with van der Waals surface area (Å²) in [5.41, 5.74) is 6.62. The minimum atomic E-state index is 0.666. The van der Waals surface area contributed by atoms with Crippen molar-refractivity contribution in [2.75, 3.05) is 0 Å². The summed E-state index contributed by atoms with van der Waals surface area (Å²) in [4.78, 5) is 7.83. The van der Waals surface area contributed by atoms with Crippen LogP contribution in [0.25, 0.3) is 22.5 Å². The van der Waals surface area contributed by atoms with Gasteiger partial charge in [0.15, 0.2) is 5.82 Å². The summed E-state index contributed by atoms with van der Waals surface area (Å²) >= 11 is 0. The van der Waals surface area contributed by atoms with E-state index in [0.29, 0.717) is 12.0 Å². The molecule has 0 atom stereocenters. The van der Waals surface area contributed by atoms with Gasteiger partial charge in [0.1, 0.15) is 22.7 Å². The molecule has 3 heterocycles. The number of rotatable bonds is 3. The van der Waals surface area contributed by atoms with Gasteiger partial charge in [-0.15, -0.1) is 0 Å². The summed E-state index contributed by atoms with van der Waals surface area (Å²) < 4.78 is 4.22. The number of fused-ring (bicyclic) bond motifs is 3. The molecule has 0 spiro atoms. The Kier molecular flexibility index (Phi) is 3.62. The topological polar surface area (TPSA) is 61.5 Å². The molecule has 0 amide bonds. The standard InChI is InChI=1S/C21H19N5/c1-13(2)11-16-14(3)17(12-22)20-24-18-7-5-6-8-19(18)26(20)21(16)25-10-9-23-15(25)4/h5-10H,1,11H2,2-4H3/p+1. The normalized spacial score (nSPS) is 11.2. The third-order valence-corrected chi connectivity index (χ3v) is 4.81. The van der Waals surface area contributed by atoms with Crippen molar-refractivity contribution in [3.05, 3.63) is 71.3 Å². The summed E-state index contributed by atoms with van der Waals surface area (Å²) in [5.74, 6) is 1.91. The molecule has 0 unspecified atom stereocenters. The summed E-state index contributed by atoms with van der Waals surface area (Å²) in [7, 11) is 0. The molecule has 0 saturated heterocycles. The number of allylic oxidation sites excluding steroid dienone is 1. The van der Waals surface area contributed by atoms with Crippen LogP contribution in [0.5, 0.6) is 0 Å². The number of H-pyrrole nitrogens is 1. The number of aromatic nitrogens is 4. The predicted octanol–water partition coefficient (Wildman–Crippen LogP) is 3.70. The highest BCUT2D eigenvalue weighted by molar-refractivity contribution is 5.77. The molecule has 1 aromatic carbocycles. The maximum Gasteiger partial charge on any atom is 0.250 e. The fraction of sp³-hybridized carbons (Fsp3) is 0.190. The average Bonchev–Trinajstić information content (AvgIpc) is 3.19. The van der Waals surface area contributed by atoms with E-state index in [2.05, 4.69) is 37.7 Å². The third-order valence-electron chi connectivity index (χ3n) is 4.81. The predicted molar refractivity (Wildman–Crippen MR) is 101 cm³/mol. The fourth-order valence-electron chi connectivity index (χ4n) is 3.61. The molecule has 5 heteroatoms. The van der Waals surface area contributed by atoms with Gasteiger partial charge >= 0.3 is 0 Å². The molecule has 0 aliphatic rings. The first kappa shape index (κ1) is 16.1. The first-order valence-corrected chi connectivity index (χ1v) is 8.55. The smallest absolute Gasteiger partial charge is 0.250 e. The third kappa shape index (κ3) is 2.23. The van der Waals surface area contributed by atoms with Gasteiger partial charge in [0, 0.05) is 12.5 Å². The van der Waals surface area contributed by atoms with Gasteiger partial charge in [-0.2, -0.15) is 9.66 Å². The van der Waals surface area contributed by atoms with E-state index >= 15 is 0 Å². The molecule has 0 fully saturated rings. The highest BCUT2D eigenvalue weighted by Gasteiger charge is 2.27. The van der Waals surface area contributed by atoms with E-state index in [1.165, 1.54) is 0 Å². The number of benzene rings is 1. The molecule has 26 heavy (non-hydrogen) atoms. The number of imidazole rings is 2. The van der Waals surface area contributed by atoms with Crippen LogP contribution in [0.15, 0.2) is 48.8 Å². The quantitative estimate of drug-likeness (QED) is 0.456. The second kappa shape index (κ2) is 5.85. The summed E-state index contributed by atoms with van der Waals surface area (Å²) in [6.07, 6.45) is 4.47. The fourth-order valence-corrected chi connectivity index (χ4v) is 3.61. The van der Waals surface area contributed by atoms with Gasteiger partial charge in [-0.3, -0.25) is 4.98 Å². The number of nitriles is 1. The van der Waals surface area contributed by atoms with Crippen LogP contribution in [-0.2, 0) is 6.42 Å². The van der Waals surface area contributed by atoms with Gasteiger partial charge in [0.2, 0.25) is 11.5 Å². The first-order valence-electron chi connectivity index (χ1n) is 8.55. The molecular formula is C21H20N5+. The summed E-state index contributed by atoms with van der Waals surface area (Å²) in [6, 6.07) is 10.5. The zero-order valence-electron chi connectivity index (χ0n) is 15.2. The highest BCUT2D eigenvalue weighted by Crippen LogP contribution is 2.26. The van der Waals surface area contributed by atoms with Crippen molar-refractivity contribution >= 4 is 16.7 Å². The molecule has 0 aliphatic heterocycles. The van der Waals surface area contributed by atoms with Crippen LogP contribution in [0, 0.1) is 25.2 Å². The van der Waals surface area contributed by atoms with E-state index in [-0.39, 0.29) is 0 Å². The zero-order chi connectivity index (χ0) is 18.4. The Morgan fingerprint density at radius 3 is 2.77 bits per heavy atom. The largest absolute Gasteiger partial charge is 0.269 e. The Bertz CT molecular complexity index is 1220. The lowest BCUT2D eigenvalue weighted by molar-refractivity contribution is -0.476. The van der Waals surface area contributed by atoms with Crippen molar-refractivity contribution in [1.29, 1.82) is 5.26 Å². The maximum absolute atomic E-state index is 9.85. The lowest BCUT2D eigenvalue weighted by atomic mass is 9.99. The summed E-state index contributed by atoms with van der Waals surface area (Å²) in [6.45, 7) is 10.1. The molecule has 0 aliphatic carbocycles. The first-order chi connectivity index (χ1) is 12.5. The van der Waals surface area contributed by atoms with E-state index in [4.69, 9.17) is 0 Å². The van der Waals surface area contributed by atoms with Crippen LogP contribution in [0.2, 0.25) is 0 Å². The minimum Gasteiger partial charge on any atom is -0.269 e. The minimum absolute atomic E-state index is 0.666. The number of nitrogens with zero attached hydrogens (tertiary/aromatic N) is 4. The van der Waals surface area contributed by atoms with Gasteiger partial charge in [0.05, 0.1) is 12.4 Å². The van der Waals surface area contributed by atoms with Crippen molar-refractivity contribution in [2.45, 2.75) is 27.2 Å². The van der Waals surface area contributed by atoms with Crippen molar-refractivity contribution in [3.8, 4) is 11.9 Å². The van der Waals surface area contributed by atoms with Crippen LogP contribution in [-0.4, -0.2) is 14.5 Å². The average molecular weight is 342 g/mol. The van der Waals surface area contributed by atoms with Crippen LogP contribution in [0.3, 0.4) is 0 Å². The number of pyridine rings is 1. The molecule has 128 valence electrons. The number of nitrogens with one attached hydrogen (secondary N) is 1. The monoisotopic (exact) mass is 342 g/mol. The molecule has 0 bridgehead atoms. The number of hydrogen-bond donors (Lipinski definition) is 1. The molecule has 1 N–H and O–H groups in total. The van der Waals surface area contributed by atoms with Crippen molar-refractivity contribution in [1.82, 2.24) is 14.5 Å². The van der Waals surface area contributed by atoms with E-state index in [0.717, 1.165) is 45.0 Å². The Morgan fingerprint density at radius 2 is 2.12 bits per heavy atom. The molecule has 3 aromatic heterocycles. The lowest BCUT2D eigenvalue weighted by Gasteiger charge is -2.14. The van der Waals surface area contributed by atoms with Crippen LogP contribution < -0.4 is 4.40 Å². The van der Waals surface area contributed by atoms with E-state index in [9.17, 15) is 5.26 Å². The van der Waals surface area contributed by atoms with E-state index in [1.807, 2.05) is 45.2 Å². The van der Waals surface area contributed by atoms with Gasteiger partial charge in [0.25, 0.3) is 0 Å². The Hall–Kier alpha value is -3.39. The van der Waals surface area contributed by atoms with Gasteiger partial charge in [-0.1, -0.05) is 24.3 Å². The molecular weight excluding hydrogens is 322 g/mol. The van der Waals surface area contributed by atoms with Crippen molar-refractivity contribution in [3.63, 3.8) is 0 Å². The molecule has 4 rings (SSSR count). The lowest BCUT2D eigenvalue weighted by Crippen LogP contribution is -2.31. The van der Waals surface area contributed by atoms with Crippen molar-refractivity contribution in [2.24, 2.45) is 0 Å². The zero-order valence-corrected chi connectivity index (χ0v) is 15.2. The molecule has 5 nitrogen and oxygen atoms in total. The molecule has 0 radical (unpaired) electrons. The van der Waals surface area contributed by atoms with E-state index < -0.39 is 0 Å². The van der Waals surface area contributed by atoms with Crippen molar-refractivity contribution < 1.29 is 4.40 Å². The SMILES string of the molecule is C=C(C)Cc1c(C)c(C#N)c2[nH]c3ccccc3[n+]2c1-n1ccnc1C. The number of hydrogen-bond acceptors (Lipinski definition) is 2. The Labute approximate surface area is 151 Å². The number of para-hydroxylation sites is 2. The maximum atomic E-state index is 9.85. The Balaban J connectivity index is 2.30.